The fourth-order valence-corrected chi connectivity index (χ4v) is 17.2. The molecule has 302 valence electrons. The number of para-hydroxylation sites is 4. The Hall–Kier alpha value is -6.47. The van der Waals surface area contributed by atoms with Crippen molar-refractivity contribution in [3.63, 3.8) is 0 Å². The van der Waals surface area contributed by atoms with Crippen molar-refractivity contribution < 1.29 is 0 Å². The number of nitrogens with zero attached hydrogens (tertiary/aromatic N) is 2. The molecule has 0 amide bonds. The van der Waals surface area contributed by atoms with Crippen molar-refractivity contribution in [2.75, 3.05) is 9.80 Å². The molecule has 2 aliphatic rings. The fourth-order valence-electron chi connectivity index (χ4n) is 11.2. The van der Waals surface area contributed by atoms with E-state index in [1.165, 1.54) is 121 Å². The molecule has 11 rings (SSSR count). The molecule has 0 bridgehead atoms. The van der Waals surface area contributed by atoms with E-state index in [0.29, 0.717) is 0 Å². The third-order valence-corrected chi connectivity index (χ3v) is 21.0. The van der Waals surface area contributed by atoms with E-state index in [-0.39, 0.29) is 0 Å². The van der Waals surface area contributed by atoms with E-state index in [2.05, 4.69) is 234 Å². The molecule has 0 atom stereocenters. The minimum atomic E-state index is -1.95. The first-order chi connectivity index (χ1) is 29.9. The summed E-state index contributed by atoms with van der Waals surface area (Å²) in [7, 11) is -3.90. The quantitative estimate of drug-likeness (QED) is 0.129. The standard InChI is InChI=1S/C58H52N2Si2/c1-37-29-38(2)32-41(31-37)57-45-27-25-44(60-51-19-11-15-23-55(51)62(7,8)56-24-16-12-20-52(56)60)36-48(45)58(42-33-39(3)30-40(4)34-42)46-28-26-43(35-47(46)57)59-49-17-9-13-21-53(49)61(5,6)54-22-14-10-18-50(54)59/h9-36H,1-8H3. The van der Waals surface area contributed by atoms with Crippen LogP contribution in [0.3, 0.4) is 0 Å². The van der Waals surface area contributed by atoms with Crippen LogP contribution >= 0.6 is 0 Å². The third-order valence-electron chi connectivity index (χ3n) is 13.9. The SMILES string of the molecule is Cc1cc(C)cc(-c2c3ccc(N4c5ccccc5[Si](C)(C)c5ccccc54)cc3c(-c3cc(C)cc(C)c3)c3ccc(N4c5ccccc5[Si](C)(C)c5ccccc54)cc23)c1. The van der Waals surface area contributed by atoms with Gasteiger partial charge in [-0.25, -0.2) is 0 Å². The number of benzene rings is 9. The molecule has 0 saturated heterocycles. The van der Waals surface area contributed by atoms with E-state index in [0.717, 1.165) is 0 Å². The lowest BCUT2D eigenvalue weighted by Gasteiger charge is -2.41. The van der Waals surface area contributed by atoms with Crippen molar-refractivity contribution in [3.05, 3.63) is 192 Å². The maximum atomic E-state index is 2.54. The Kier molecular flexibility index (Phi) is 8.70. The van der Waals surface area contributed by atoms with Crippen LogP contribution in [0, 0.1) is 27.7 Å². The average Bonchev–Trinajstić information content (AvgIpc) is 3.25. The summed E-state index contributed by atoms with van der Waals surface area (Å²) in [4.78, 5) is 5.07. The molecule has 2 nitrogen and oxygen atoms in total. The predicted molar refractivity (Wildman–Crippen MR) is 274 cm³/mol. The largest absolute Gasteiger partial charge is 0.311 e. The fraction of sp³-hybridized carbons (Fsp3) is 0.138. The zero-order chi connectivity index (χ0) is 42.7. The Labute approximate surface area is 368 Å². The van der Waals surface area contributed by atoms with Gasteiger partial charge in [0.1, 0.15) is 16.1 Å². The summed E-state index contributed by atoms with van der Waals surface area (Å²) < 4.78 is 0. The second kappa shape index (κ2) is 14.0. The topological polar surface area (TPSA) is 6.48 Å². The molecule has 0 saturated carbocycles. The molecule has 9 aromatic carbocycles. The van der Waals surface area contributed by atoms with Gasteiger partial charge in [-0.15, -0.1) is 0 Å². The molecule has 9 aromatic rings. The van der Waals surface area contributed by atoms with Gasteiger partial charge in [0.2, 0.25) is 0 Å². The van der Waals surface area contributed by atoms with E-state index >= 15 is 0 Å². The van der Waals surface area contributed by atoms with Crippen molar-refractivity contribution >= 4 is 92.6 Å². The van der Waals surface area contributed by atoms with Gasteiger partial charge >= 0.3 is 0 Å². The maximum absolute atomic E-state index is 2.54. The molecule has 0 aromatic heterocycles. The molecule has 0 fully saturated rings. The molecule has 0 unspecified atom stereocenters. The lowest BCUT2D eigenvalue weighted by molar-refractivity contribution is 1.29. The Balaban J connectivity index is 1.26. The number of hydrogen-bond donors (Lipinski definition) is 0. The zero-order valence-corrected chi connectivity index (χ0v) is 39.1. The highest BCUT2D eigenvalue weighted by atomic mass is 28.3. The van der Waals surface area contributed by atoms with Crippen LogP contribution in [0.5, 0.6) is 0 Å². The van der Waals surface area contributed by atoms with Crippen LogP contribution in [0.4, 0.5) is 34.1 Å². The van der Waals surface area contributed by atoms with Crippen molar-refractivity contribution in [1.29, 1.82) is 0 Å². The molecule has 2 heterocycles. The molecular formula is C58H52N2Si2. The van der Waals surface area contributed by atoms with Crippen molar-refractivity contribution in [2.24, 2.45) is 0 Å². The smallest absolute Gasteiger partial charge is 0.117 e. The van der Waals surface area contributed by atoms with Crippen LogP contribution in [-0.2, 0) is 0 Å². The van der Waals surface area contributed by atoms with E-state index in [1.54, 1.807) is 0 Å². The minimum absolute atomic E-state index is 1.18. The number of hydrogen-bond acceptors (Lipinski definition) is 2. The van der Waals surface area contributed by atoms with Gasteiger partial charge in [-0.05, 0) is 141 Å². The Morgan fingerprint density at radius 1 is 0.306 bits per heavy atom. The third kappa shape index (κ3) is 5.80. The highest BCUT2D eigenvalue weighted by Gasteiger charge is 2.40. The Bertz CT molecular complexity index is 2960. The van der Waals surface area contributed by atoms with Gasteiger partial charge in [0.25, 0.3) is 0 Å². The molecule has 0 spiro atoms. The van der Waals surface area contributed by atoms with Gasteiger partial charge in [0, 0.05) is 34.1 Å². The van der Waals surface area contributed by atoms with E-state index in [1.807, 2.05) is 0 Å². The molecule has 4 heteroatoms. The molecule has 0 aliphatic carbocycles. The van der Waals surface area contributed by atoms with E-state index in [4.69, 9.17) is 0 Å². The van der Waals surface area contributed by atoms with Crippen LogP contribution in [0.1, 0.15) is 22.3 Å². The van der Waals surface area contributed by atoms with Crippen LogP contribution in [0.15, 0.2) is 170 Å². The molecule has 2 aliphatic heterocycles. The van der Waals surface area contributed by atoms with Gasteiger partial charge < -0.3 is 9.80 Å². The van der Waals surface area contributed by atoms with Crippen LogP contribution in [0.25, 0.3) is 43.8 Å². The maximum Gasteiger partial charge on any atom is 0.117 e. The molecular weight excluding hydrogens is 781 g/mol. The number of aryl methyl sites for hydroxylation is 4. The molecule has 0 radical (unpaired) electrons. The summed E-state index contributed by atoms with van der Waals surface area (Å²) in [6.45, 7) is 18.9. The second-order valence-corrected chi connectivity index (χ2v) is 27.6. The van der Waals surface area contributed by atoms with Crippen molar-refractivity contribution in [2.45, 2.75) is 53.9 Å². The molecule has 62 heavy (non-hydrogen) atoms. The lowest BCUT2D eigenvalue weighted by atomic mass is 9.84. The zero-order valence-electron chi connectivity index (χ0n) is 37.1. The Morgan fingerprint density at radius 2 is 0.597 bits per heavy atom. The van der Waals surface area contributed by atoms with Crippen LogP contribution < -0.4 is 30.5 Å². The monoisotopic (exact) mass is 832 g/mol. The van der Waals surface area contributed by atoms with Crippen molar-refractivity contribution in [3.8, 4) is 22.3 Å². The van der Waals surface area contributed by atoms with Gasteiger partial charge in [-0.1, -0.05) is 170 Å². The highest BCUT2D eigenvalue weighted by Crippen LogP contribution is 2.49. The summed E-state index contributed by atoms with van der Waals surface area (Å²) in [5.74, 6) is 0. The predicted octanol–water partition coefficient (Wildman–Crippen LogP) is 13.8. The number of rotatable bonds is 4. The number of fused-ring (bicyclic) bond motifs is 6. The van der Waals surface area contributed by atoms with Crippen molar-refractivity contribution in [1.82, 2.24) is 0 Å². The normalized spacial score (nSPS) is 14.6. The average molecular weight is 833 g/mol. The van der Waals surface area contributed by atoms with Crippen LogP contribution in [-0.4, -0.2) is 16.1 Å². The summed E-state index contributed by atoms with van der Waals surface area (Å²) in [5.41, 5.74) is 17.7. The van der Waals surface area contributed by atoms with Gasteiger partial charge in [0.05, 0.1) is 0 Å². The van der Waals surface area contributed by atoms with Crippen LogP contribution in [0.2, 0.25) is 26.2 Å². The summed E-state index contributed by atoms with van der Waals surface area (Å²) in [5, 5.41) is 11.0. The first-order valence-electron chi connectivity index (χ1n) is 22.1. The first-order valence-corrected chi connectivity index (χ1v) is 28.1. The summed E-state index contributed by atoms with van der Waals surface area (Å²) in [6.07, 6.45) is 0. The molecule has 0 N–H and O–H groups in total. The summed E-state index contributed by atoms with van der Waals surface area (Å²) in [6, 6.07) is 65.3. The minimum Gasteiger partial charge on any atom is -0.311 e. The summed E-state index contributed by atoms with van der Waals surface area (Å²) >= 11 is 0. The van der Waals surface area contributed by atoms with Gasteiger partial charge in [-0.2, -0.15) is 0 Å². The van der Waals surface area contributed by atoms with E-state index in [9.17, 15) is 0 Å². The second-order valence-electron chi connectivity index (χ2n) is 19.0. The highest BCUT2D eigenvalue weighted by molar-refractivity contribution is 7.03. The van der Waals surface area contributed by atoms with E-state index < -0.39 is 16.1 Å². The van der Waals surface area contributed by atoms with Gasteiger partial charge in [-0.3, -0.25) is 0 Å². The first kappa shape index (κ1) is 38.5. The Morgan fingerprint density at radius 3 is 0.903 bits per heavy atom. The lowest BCUT2D eigenvalue weighted by Crippen LogP contribution is -2.58. The van der Waals surface area contributed by atoms with Gasteiger partial charge in [0.15, 0.2) is 0 Å². The number of anilines is 6.